The molecule has 0 aliphatic heterocycles. The van der Waals surface area contributed by atoms with Gasteiger partial charge in [0.2, 0.25) is 0 Å². The second kappa shape index (κ2) is 5.91. The van der Waals surface area contributed by atoms with Crippen LogP contribution in [0.25, 0.3) is 11.3 Å². The predicted molar refractivity (Wildman–Crippen MR) is 69.0 cm³/mol. The van der Waals surface area contributed by atoms with E-state index in [9.17, 15) is 26.3 Å². The molecule has 0 bridgehead atoms. The van der Waals surface area contributed by atoms with Crippen molar-refractivity contribution in [2.24, 2.45) is 0 Å². The second-order valence-corrected chi connectivity index (χ2v) is 4.62. The molecule has 0 aliphatic rings. The summed E-state index contributed by atoms with van der Waals surface area (Å²) < 4.78 is 77.0. The number of rotatable bonds is 2. The highest BCUT2D eigenvalue weighted by Gasteiger charge is 2.36. The van der Waals surface area contributed by atoms with Crippen LogP contribution in [0, 0.1) is 11.3 Å². The highest BCUT2D eigenvalue weighted by atomic mass is 19.4. The van der Waals surface area contributed by atoms with Crippen LogP contribution in [0.1, 0.15) is 16.8 Å². The quantitative estimate of drug-likeness (QED) is 0.738. The van der Waals surface area contributed by atoms with Gasteiger partial charge < -0.3 is 0 Å². The summed E-state index contributed by atoms with van der Waals surface area (Å²) in [7, 11) is 0. The Hall–Kier alpha value is -2.56. The Morgan fingerprint density at radius 2 is 1.65 bits per heavy atom. The van der Waals surface area contributed by atoms with Crippen molar-refractivity contribution in [3.63, 3.8) is 0 Å². The topological polar surface area (TPSA) is 36.7 Å². The zero-order chi connectivity index (χ0) is 17.3. The monoisotopic (exact) mass is 330 g/mol. The molecule has 0 saturated carbocycles. The largest absolute Gasteiger partial charge is 0.433 e. The third kappa shape index (κ3) is 3.80. The minimum Gasteiger partial charge on any atom is -0.243 e. The molecule has 0 radical (unpaired) electrons. The molecule has 0 amide bonds. The third-order valence-electron chi connectivity index (χ3n) is 3.00. The van der Waals surface area contributed by atoms with E-state index < -0.39 is 30.0 Å². The molecule has 0 unspecified atom stereocenters. The van der Waals surface area contributed by atoms with Crippen LogP contribution >= 0.6 is 0 Å². The van der Waals surface area contributed by atoms with Gasteiger partial charge in [-0.15, -0.1) is 0 Å². The molecule has 2 rings (SSSR count). The van der Waals surface area contributed by atoms with Gasteiger partial charge in [0.05, 0.1) is 23.7 Å². The highest BCUT2D eigenvalue weighted by molar-refractivity contribution is 5.61. The molecule has 8 heteroatoms. The van der Waals surface area contributed by atoms with Gasteiger partial charge in [-0.1, -0.05) is 18.2 Å². The molecule has 1 heterocycles. The molecule has 0 N–H and O–H groups in total. The van der Waals surface area contributed by atoms with Gasteiger partial charge in [0.1, 0.15) is 5.69 Å². The van der Waals surface area contributed by atoms with Gasteiger partial charge in [0.15, 0.2) is 0 Å². The minimum absolute atomic E-state index is 0.0890. The predicted octanol–water partition coefficient (Wildman–Crippen LogP) is 4.85. The molecule has 1 aromatic heterocycles. The zero-order valence-electron chi connectivity index (χ0n) is 11.3. The summed E-state index contributed by atoms with van der Waals surface area (Å²) in [4.78, 5) is 3.41. The molecular weight excluding hydrogens is 322 g/mol. The Morgan fingerprint density at radius 3 is 2.22 bits per heavy atom. The SMILES string of the molecule is N#CCc1ccc(-c2cccc(C(F)(F)F)c2)nc1C(F)(F)F. The fraction of sp³-hybridized carbons (Fsp3) is 0.200. The molecule has 120 valence electrons. The van der Waals surface area contributed by atoms with Gasteiger partial charge in [0, 0.05) is 5.56 Å². The summed E-state index contributed by atoms with van der Waals surface area (Å²) in [5.74, 6) is 0. The summed E-state index contributed by atoms with van der Waals surface area (Å²) >= 11 is 0. The maximum absolute atomic E-state index is 13.0. The van der Waals surface area contributed by atoms with Crippen LogP contribution in [0.5, 0.6) is 0 Å². The number of hydrogen-bond donors (Lipinski definition) is 0. The summed E-state index contributed by atoms with van der Waals surface area (Å²) in [5.41, 5.74) is -2.91. The molecule has 0 fully saturated rings. The van der Waals surface area contributed by atoms with Crippen molar-refractivity contribution in [2.75, 3.05) is 0 Å². The van der Waals surface area contributed by atoms with Gasteiger partial charge in [-0.3, -0.25) is 0 Å². The Balaban J connectivity index is 2.56. The molecule has 2 nitrogen and oxygen atoms in total. The summed E-state index contributed by atoms with van der Waals surface area (Å²) in [6, 6.07) is 7.69. The lowest BCUT2D eigenvalue weighted by Gasteiger charge is -2.13. The van der Waals surface area contributed by atoms with Gasteiger partial charge >= 0.3 is 12.4 Å². The summed E-state index contributed by atoms with van der Waals surface area (Å²) in [6.07, 6.45) is -9.90. The van der Waals surface area contributed by atoms with E-state index >= 15 is 0 Å². The van der Waals surface area contributed by atoms with E-state index in [1.165, 1.54) is 6.07 Å². The fourth-order valence-corrected chi connectivity index (χ4v) is 1.98. The standard InChI is InChI=1S/C15H8F6N2/c16-14(17,18)11-3-1-2-10(8-11)12-5-4-9(6-7-22)13(23-12)15(19,20)21/h1-5,8H,6H2. The lowest BCUT2D eigenvalue weighted by atomic mass is 10.0. The Bertz CT molecular complexity index is 756. The highest BCUT2D eigenvalue weighted by Crippen LogP contribution is 2.34. The summed E-state index contributed by atoms with van der Waals surface area (Å²) in [5, 5.41) is 8.55. The van der Waals surface area contributed by atoms with E-state index in [4.69, 9.17) is 5.26 Å². The van der Waals surface area contributed by atoms with Crippen molar-refractivity contribution < 1.29 is 26.3 Å². The van der Waals surface area contributed by atoms with Gasteiger partial charge in [-0.2, -0.15) is 31.6 Å². The Kier molecular flexibility index (Phi) is 4.32. The smallest absolute Gasteiger partial charge is 0.243 e. The number of halogens is 6. The third-order valence-corrected chi connectivity index (χ3v) is 3.00. The number of aromatic nitrogens is 1. The van der Waals surface area contributed by atoms with Crippen molar-refractivity contribution in [3.8, 4) is 17.3 Å². The van der Waals surface area contributed by atoms with Crippen LogP contribution in [0.4, 0.5) is 26.3 Å². The van der Waals surface area contributed by atoms with Crippen molar-refractivity contribution in [3.05, 3.63) is 53.2 Å². The number of nitrogens with zero attached hydrogens (tertiary/aromatic N) is 2. The van der Waals surface area contributed by atoms with E-state index in [0.717, 1.165) is 30.3 Å². The van der Waals surface area contributed by atoms with Crippen LogP contribution in [0.15, 0.2) is 36.4 Å². The van der Waals surface area contributed by atoms with Crippen LogP contribution in [-0.4, -0.2) is 4.98 Å². The average molecular weight is 330 g/mol. The van der Waals surface area contributed by atoms with Crippen molar-refractivity contribution in [1.29, 1.82) is 5.26 Å². The van der Waals surface area contributed by atoms with Gasteiger partial charge in [-0.25, -0.2) is 4.98 Å². The van der Waals surface area contributed by atoms with Gasteiger partial charge in [0.25, 0.3) is 0 Å². The first-order valence-electron chi connectivity index (χ1n) is 6.24. The molecule has 2 aromatic rings. The van der Waals surface area contributed by atoms with Crippen molar-refractivity contribution in [2.45, 2.75) is 18.8 Å². The molecule has 1 aromatic carbocycles. The number of alkyl halides is 6. The first-order chi connectivity index (χ1) is 10.6. The van der Waals surface area contributed by atoms with Crippen LogP contribution in [-0.2, 0) is 18.8 Å². The maximum Gasteiger partial charge on any atom is 0.433 e. The molecule has 0 spiro atoms. The normalized spacial score (nSPS) is 12.0. The van der Waals surface area contributed by atoms with Crippen LogP contribution in [0.3, 0.4) is 0 Å². The van der Waals surface area contributed by atoms with E-state index in [0.29, 0.717) is 0 Å². The maximum atomic E-state index is 13.0. The number of benzene rings is 1. The Morgan fingerprint density at radius 1 is 0.957 bits per heavy atom. The number of nitriles is 1. The lowest BCUT2D eigenvalue weighted by Crippen LogP contribution is -2.12. The van der Waals surface area contributed by atoms with Crippen molar-refractivity contribution in [1.82, 2.24) is 4.98 Å². The molecule has 0 atom stereocenters. The molecule has 23 heavy (non-hydrogen) atoms. The van der Waals surface area contributed by atoms with Crippen LogP contribution in [0.2, 0.25) is 0 Å². The summed E-state index contributed by atoms with van der Waals surface area (Å²) in [6.45, 7) is 0. The first-order valence-corrected chi connectivity index (χ1v) is 6.24. The molecule has 0 saturated heterocycles. The molecular formula is C15H8F6N2. The fourth-order valence-electron chi connectivity index (χ4n) is 1.98. The van der Waals surface area contributed by atoms with E-state index in [1.807, 2.05) is 0 Å². The Labute approximate surface area is 127 Å². The van der Waals surface area contributed by atoms with Crippen LogP contribution < -0.4 is 0 Å². The minimum atomic E-state index is -4.80. The number of hydrogen-bond acceptors (Lipinski definition) is 2. The van der Waals surface area contributed by atoms with Crippen molar-refractivity contribution >= 4 is 0 Å². The number of pyridine rings is 1. The van der Waals surface area contributed by atoms with E-state index in [-0.39, 0.29) is 16.8 Å². The zero-order valence-corrected chi connectivity index (χ0v) is 11.3. The van der Waals surface area contributed by atoms with E-state index in [1.54, 1.807) is 6.07 Å². The van der Waals surface area contributed by atoms with E-state index in [2.05, 4.69) is 4.98 Å². The lowest BCUT2D eigenvalue weighted by molar-refractivity contribution is -0.141. The first kappa shape index (κ1) is 16.8. The van der Waals surface area contributed by atoms with Gasteiger partial charge in [-0.05, 0) is 23.8 Å². The second-order valence-electron chi connectivity index (χ2n) is 4.62. The average Bonchev–Trinajstić information content (AvgIpc) is 2.46. The molecule has 0 aliphatic carbocycles.